The number of methoxy groups -OCH3 is 1. The van der Waals surface area contributed by atoms with Gasteiger partial charge >= 0.3 is 0 Å². The maximum Gasteiger partial charge on any atom is 0.194 e. The fourth-order valence-electron chi connectivity index (χ4n) is 4.69. The predicted molar refractivity (Wildman–Crippen MR) is 126 cm³/mol. The van der Waals surface area contributed by atoms with Crippen molar-refractivity contribution in [3.63, 3.8) is 0 Å². The molecule has 0 spiro atoms. The highest BCUT2D eigenvalue weighted by atomic mass is 19.2. The molecule has 0 aliphatic carbocycles. The smallest absolute Gasteiger partial charge is 0.194 e. The molecule has 1 fully saturated rings. The summed E-state index contributed by atoms with van der Waals surface area (Å²) in [6.45, 7) is 2.85. The lowest BCUT2D eigenvalue weighted by molar-refractivity contribution is 0.140. The van der Waals surface area contributed by atoms with Gasteiger partial charge in [-0.1, -0.05) is 11.2 Å². The van der Waals surface area contributed by atoms with Crippen LogP contribution in [-0.4, -0.2) is 40.5 Å². The molecule has 2 aliphatic heterocycles. The van der Waals surface area contributed by atoms with Crippen molar-refractivity contribution in [2.24, 2.45) is 5.16 Å². The molecule has 0 bridgehead atoms. The highest BCUT2D eigenvalue weighted by molar-refractivity contribution is 6.02. The summed E-state index contributed by atoms with van der Waals surface area (Å²) in [5.41, 5.74) is 4.00. The summed E-state index contributed by atoms with van der Waals surface area (Å²) < 4.78 is 49.1. The number of amidine groups is 1. The van der Waals surface area contributed by atoms with Gasteiger partial charge in [0.25, 0.3) is 0 Å². The van der Waals surface area contributed by atoms with Crippen LogP contribution in [0.2, 0.25) is 0 Å². The lowest BCUT2D eigenvalue weighted by Gasteiger charge is -2.36. The Balaban J connectivity index is 1.48. The lowest BCUT2D eigenvalue weighted by Crippen LogP contribution is -2.39. The number of hydrogen-bond donors (Lipinski definition) is 0. The van der Waals surface area contributed by atoms with Crippen LogP contribution in [0.25, 0.3) is 11.8 Å². The van der Waals surface area contributed by atoms with E-state index in [0.717, 1.165) is 47.5 Å². The molecule has 3 heterocycles. The molecule has 6 nitrogen and oxygen atoms in total. The van der Waals surface area contributed by atoms with Gasteiger partial charge in [-0.05, 0) is 66.8 Å². The van der Waals surface area contributed by atoms with Gasteiger partial charge in [0, 0.05) is 19.2 Å². The van der Waals surface area contributed by atoms with Crippen LogP contribution in [-0.2, 0) is 4.84 Å². The van der Waals surface area contributed by atoms with E-state index in [1.165, 1.54) is 0 Å². The van der Waals surface area contributed by atoms with E-state index in [0.29, 0.717) is 30.1 Å². The number of rotatable bonds is 4. The second kappa shape index (κ2) is 9.48. The van der Waals surface area contributed by atoms with Crippen LogP contribution in [0.3, 0.4) is 0 Å². The third-order valence-electron chi connectivity index (χ3n) is 6.34. The van der Waals surface area contributed by atoms with Crippen molar-refractivity contribution in [3.05, 3.63) is 82.7 Å². The summed E-state index contributed by atoms with van der Waals surface area (Å²) in [5.74, 6) is -2.54. The Morgan fingerprint density at radius 2 is 1.94 bits per heavy atom. The standard InChI is InChI=1S/C26H25F3N4O2/c1-16-14-32(15-30-16)23-6-5-17(11-24(23)34-2)10-18-4-3-8-33-22(7-9-35-31-26(18)33)19-12-20(27)25(29)21(28)13-19/h5-6,10-15,22H,3-4,7-9H2,1-2H3/b18-10+/t22-/m1/s1. The third-order valence-corrected chi connectivity index (χ3v) is 6.34. The second-order valence-corrected chi connectivity index (χ2v) is 8.67. The SMILES string of the molecule is COc1cc(/C=C2\CCCN3C2=NOCC[C@@H]3c2cc(F)c(F)c(F)c2)ccc1-n1cnc(C)c1. The summed E-state index contributed by atoms with van der Waals surface area (Å²) in [7, 11) is 1.62. The highest BCUT2D eigenvalue weighted by Gasteiger charge is 2.32. The Labute approximate surface area is 201 Å². The molecule has 35 heavy (non-hydrogen) atoms. The van der Waals surface area contributed by atoms with Crippen molar-refractivity contribution in [2.45, 2.75) is 32.2 Å². The Morgan fingerprint density at radius 1 is 1.14 bits per heavy atom. The summed E-state index contributed by atoms with van der Waals surface area (Å²) >= 11 is 0. The fourth-order valence-corrected chi connectivity index (χ4v) is 4.69. The molecule has 0 radical (unpaired) electrons. The molecule has 182 valence electrons. The van der Waals surface area contributed by atoms with E-state index in [2.05, 4.69) is 10.1 Å². The van der Waals surface area contributed by atoms with Crippen LogP contribution in [0, 0.1) is 24.4 Å². The number of oxime groups is 1. The summed E-state index contributed by atoms with van der Waals surface area (Å²) in [4.78, 5) is 11.8. The van der Waals surface area contributed by atoms with E-state index < -0.39 is 17.5 Å². The van der Waals surface area contributed by atoms with Crippen LogP contribution in [0.4, 0.5) is 13.2 Å². The zero-order valence-electron chi connectivity index (χ0n) is 19.5. The second-order valence-electron chi connectivity index (χ2n) is 8.67. The largest absolute Gasteiger partial charge is 0.495 e. The van der Waals surface area contributed by atoms with Crippen LogP contribution in [0.1, 0.15) is 42.1 Å². The minimum absolute atomic E-state index is 0.283. The molecule has 1 aromatic heterocycles. The predicted octanol–water partition coefficient (Wildman–Crippen LogP) is 5.56. The zero-order chi connectivity index (χ0) is 24.5. The topological polar surface area (TPSA) is 51.9 Å². The molecule has 3 aromatic rings. The van der Waals surface area contributed by atoms with Crippen LogP contribution in [0.15, 0.2) is 53.6 Å². The number of aryl methyl sites for hydroxylation is 1. The number of hydrogen-bond acceptors (Lipinski definition) is 5. The molecule has 0 unspecified atom stereocenters. The molecule has 0 amide bonds. The first-order valence-corrected chi connectivity index (χ1v) is 11.5. The van der Waals surface area contributed by atoms with Crippen LogP contribution < -0.4 is 4.74 Å². The zero-order valence-corrected chi connectivity index (χ0v) is 19.5. The number of fused-ring (bicyclic) bond motifs is 1. The fraction of sp³-hybridized carbons (Fsp3) is 0.308. The molecule has 1 saturated heterocycles. The van der Waals surface area contributed by atoms with Crippen molar-refractivity contribution in [1.82, 2.24) is 14.5 Å². The minimum Gasteiger partial charge on any atom is -0.495 e. The monoisotopic (exact) mass is 482 g/mol. The lowest BCUT2D eigenvalue weighted by atomic mass is 9.95. The van der Waals surface area contributed by atoms with E-state index in [9.17, 15) is 13.2 Å². The molecular weight excluding hydrogens is 457 g/mol. The molecule has 5 rings (SSSR count). The van der Waals surface area contributed by atoms with Crippen LogP contribution in [0.5, 0.6) is 5.75 Å². The number of aromatic nitrogens is 2. The summed E-state index contributed by atoms with van der Waals surface area (Å²) in [6, 6.07) is 7.63. The van der Waals surface area contributed by atoms with Gasteiger partial charge in [-0.2, -0.15) is 0 Å². The molecule has 9 heteroatoms. The van der Waals surface area contributed by atoms with Gasteiger partial charge in [0.2, 0.25) is 0 Å². The first-order chi connectivity index (χ1) is 16.9. The van der Waals surface area contributed by atoms with Crippen molar-refractivity contribution in [3.8, 4) is 11.4 Å². The number of imidazole rings is 1. The Hall–Kier alpha value is -3.75. The van der Waals surface area contributed by atoms with Crippen LogP contribution >= 0.6 is 0 Å². The van der Waals surface area contributed by atoms with Crippen molar-refractivity contribution in [1.29, 1.82) is 0 Å². The molecule has 0 N–H and O–H groups in total. The van der Waals surface area contributed by atoms with E-state index in [-0.39, 0.29) is 12.6 Å². The first-order valence-electron chi connectivity index (χ1n) is 11.5. The van der Waals surface area contributed by atoms with Gasteiger partial charge in [-0.25, -0.2) is 18.2 Å². The quantitative estimate of drug-likeness (QED) is 0.457. The maximum atomic E-state index is 14.0. The Kier molecular flexibility index (Phi) is 6.23. The van der Waals surface area contributed by atoms with E-state index >= 15 is 0 Å². The Morgan fingerprint density at radius 3 is 2.66 bits per heavy atom. The minimum atomic E-state index is -1.46. The highest BCUT2D eigenvalue weighted by Crippen LogP contribution is 2.35. The molecule has 2 aliphatic rings. The van der Waals surface area contributed by atoms with Gasteiger partial charge in [0.05, 0.1) is 30.9 Å². The molecular formula is C26H25F3N4O2. The molecule has 2 aromatic carbocycles. The number of piperidine rings is 1. The van der Waals surface area contributed by atoms with Gasteiger partial charge in [-0.3, -0.25) is 0 Å². The maximum absolute atomic E-state index is 14.0. The summed E-state index contributed by atoms with van der Waals surface area (Å²) in [6.07, 6.45) is 7.75. The average molecular weight is 483 g/mol. The third kappa shape index (κ3) is 4.50. The number of benzene rings is 2. The molecule has 0 saturated carbocycles. The first kappa shape index (κ1) is 23.0. The summed E-state index contributed by atoms with van der Waals surface area (Å²) in [5, 5.41) is 4.34. The normalized spacial score (nSPS) is 19.1. The van der Waals surface area contributed by atoms with Gasteiger partial charge in [0.15, 0.2) is 23.3 Å². The van der Waals surface area contributed by atoms with Crippen molar-refractivity contribution in [2.75, 3.05) is 20.3 Å². The number of nitrogens with zero attached hydrogens (tertiary/aromatic N) is 4. The van der Waals surface area contributed by atoms with Gasteiger partial charge < -0.3 is 19.0 Å². The van der Waals surface area contributed by atoms with Crippen molar-refractivity contribution >= 4 is 11.9 Å². The molecule has 1 atom stereocenters. The van der Waals surface area contributed by atoms with Gasteiger partial charge in [-0.15, -0.1) is 0 Å². The van der Waals surface area contributed by atoms with E-state index in [1.54, 1.807) is 13.4 Å². The average Bonchev–Trinajstić information content (AvgIpc) is 3.16. The number of ether oxygens (including phenoxy) is 1. The van der Waals surface area contributed by atoms with E-state index in [4.69, 9.17) is 9.57 Å². The number of halogens is 3. The Bertz CT molecular complexity index is 1290. The van der Waals surface area contributed by atoms with Gasteiger partial charge in [0.1, 0.15) is 12.4 Å². The van der Waals surface area contributed by atoms with Crippen molar-refractivity contribution < 1.29 is 22.7 Å². The van der Waals surface area contributed by atoms with E-state index in [1.807, 2.05) is 46.9 Å².